The summed E-state index contributed by atoms with van der Waals surface area (Å²) in [7, 11) is -4.00. The van der Waals surface area contributed by atoms with E-state index in [9.17, 15) is 13.2 Å². The van der Waals surface area contributed by atoms with Gasteiger partial charge in [-0.05, 0) is 56.4 Å². The second-order valence-corrected chi connectivity index (χ2v) is 11.2. The zero-order valence-corrected chi connectivity index (χ0v) is 20.4. The van der Waals surface area contributed by atoms with Gasteiger partial charge in [-0.1, -0.05) is 42.3 Å². The molecule has 2 fully saturated rings. The predicted molar refractivity (Wildman–Crippen MR) is 131 cm³/mol. The smallest absolute Gasteiger partial charge is 0.251 e. The highest BCUT2D eigenvalue weighted by molar-refractivity contribution is 7.94. The fourth-order valence-corrected chi connectivity index (χ4v) is 6.53. The Morgan fingerprint density at radius 2 is 1.67 bits per heavy atom. The van der Waals surface area contributed by atoms with E-state index in [-0.39, 0.29) is 27.1 Å². The fraction of sp³-hybridized carbons (Fsp3) is 0.480. The summed E-state index contributed by atoms with van der Waals surface area (Å²) in [4.78, 5) is 14.6. The van der Waals surface area contributed by atoms with Crippen LogP contribution in [0.3, 0.4) is 0 Å². The highest BCUT2D eigenvalue weighted by Crippen LogP contribution is 2.34. The highest BCUT2D eigenvalue weighted by Gasteiger charge is 2.42. The molecule has 0 radical (unpaired) electrons. The third-order valence-electron chi connectivity index (χ3n) is 7.07. The number of piperidine rings is 1. The van der Waals surface area contributed by atoms with Crippen molar-refractivity contribution in [2.75, 3.05) is 19.6 Å². The second-order valence-electron chi connectivity index (χ2n) is 9.23. The molecule has 1 aliphatic heterocycles. The average molecular weight is 490 g/mol. The van der Waals surface area contributed by atoms with E-state index in [4.69, 9.17) is 11.6 Å². The Morgan fingerprint density at radius 3 is 2.39 bits per heavy atom. The van der Waals surface area contributed by atoms with E-state index in [1.807, 2.05) is 0 Å². The van der Waals surface area contributed by atoms with E-state index >= 15 is 0 Å². The summed E-state index contributed by atoms with van der Waals surface area (Å²) in [6.45, 7) is 2.97. The van der Waals surface area contributed by atoms with Crippen LogP contribution in [-0.4, -0.2) is 39.5 Å². The van der Waals surface area contributed by atoms with E-state index in [1.165, 1.54) is 63.7 Å². The largest absolute Gasteiger partial charge is 0.572 e. The Morgan fingerprint density at radius 1 is 0.970 bits per heavy atom. The topological polar surface area (TPSA) is 81.8 Å². The molecule has 0 atom stereocenters. The van der Waals surface area contributed by atoms with Crippen molar-refractivity contribution in [1.29, 1.82) is 0 Å². The van der Waals surface area contributed by atoms with Gasteiger partial charge in [0.05, 0.1) is 24.5 Å². The molecule has 0 spiro atoms. The Labute approximate surface area is 201 Å². The van der Waals surface area contributed by atoms with Gasteiger partial charge in [0.25, 0.3) is 5.91 Å². The molecule has 0 unspecified atom stereocenters. The van der Waals surface area contributed by atoms with Crippen molar-refractivity contribution in [3.8, 4) is 0 Å². The van der Waals surface area contributed by atoms with Crippen molar-refractivity contribution in [2.24, 2.45) is 0 Å². The number of amides is 1. The first-order valence-electron chi connectivity index (χ1n) is 11.9. The minimum absolute atomic E-state index is 0.0240. The Kier molecular flexibility index (Phi) is 7.62. The first-order chi connectivity index (χ1) is 15.9. The van der Waals surface area contributed by atoms with E-state index in [0.29, 0.717) is 12.1 Å². The Balaban J connectivity index is 1.47. The molecule has 1 heterocycles. The molecular formula is C25H32ClN3O3S. The molecule has 2 aromatic carbocycles. The van der Waals surface area contributed by atoms with Crippen LogP contribution in [0.5, 0.6) is 0 Å². The Bertz CT molecular complexity index is 1080. The maximum Gasteiger partial charge on any atom is 0.251 e. The Hall–Kier alpha value is -2.09. The molecule has 178 valence electrons. The van der Waals surface area contributed by atoms with Gasteiger partial charge in [0.1, 0.15) is 15.6 Å². The zero-order chi connectivity index (χ0) is 23.3. The number of rotatable bonds is 7. The predicted octanol–water partition coefficient (Wildman–Crippen LogP) is 4.24. The van der Waals surface area contributed by atoms with Crippen LogP contribution < -0.4 is 10.2 Å². The van der Waals surface area contributed by atoms with Crippen molar-refractivity contribution in [3.05, 3.63) is 63.8 Å². The number of likely N-dealkylation sites (tertiary alicyclic amines) is 1. The van der Waals surface area contributed by atoms with Crippen LogP contribution in [0, 0.1) is 0 Å². The highest BCUT2D eigenvalue weighted by atomic mass is 35.5. The molecule has 2 aromatic rings. The summed E-state index contributed by atoms with van der Waals surface area (Å²) in [5, 5.41) is 3.40. The third-order valence-corrected chi connectivity index (χ3v) is 8.68. The van der Waals surface area contributed by atoms with Crippen LogP contribution in [0.4, 0.5) is 5.69 Å². The van der Waals surface area contributed by atoms with Crippen LogP contribution in [0.2, 0.25) is 5.02 Å². The first-order valence-corrected chi connectivity index (χ1v) is 13.7. The van der Waals surface area contributed by atoms with Crippen molar-refractivity contribution in [2.45, 2.75) is 61.8 Å². The molecule has 6 nitrogen and oxygen atoms in total. The lowest BCUT2D eigenvalue weighted by Gasteiger charge is -2.45. The number of hydrogen-bond donors (Lipinski definition) is 2. The molecule has 1 aliphatic carbocycles. The van der Waals surface area contributed by atoms with Gasteiger partial charge in [-0.3, -0.25) is 4.79 Å². The lowest BCUT2D eigenvalue weighted by atomic mass is 9.79. The standard InChI is InChI=1S/C25H31ClN3O3S/c26-22-12-3-4-13-23(22)28-33(31,32)21-11-9-10-20(18-21)24(30)27-19-25(14-5-1-6-15-25)29-16-7-2-8-17-29/h3-4,9-13,18H,1-2,5-8,14-17,19H2,(H,27,30)/q-1/p+1. The first kappa shape index (κ1) is 24.0. The van der Waals surface area contributed by atoms with Gasteiger partial charge in [-0.25, -0.2) is 8.42 Å². The minimum atomic E-state index is -4.00. The van der Waals surface area contributed by atoms with Gasteiger partial charge in [-0.2, -0.15) is 0 Å². The molecule has 2 N–H and O–H groups in total. The molecule has 2 aliphatic rings. The molecule has 8 heteroatoms. The molecule has 0 aromatic heterocycles. The summed E-state index contributed by atoms with van der Waals surface area (Å²) >= 11 is 6.07. The molecule has 1 saturated heterocycles. The number of nitrogens with zero attached hydrogens (tertiary/aromatic N) is 1. The monoisotopic (exact) mass is 489 g/mol. The lowest BCUT2D eigenvalue weighted by Crippen LogP contribution is -3.22. The van der Waals surface area contributed by atoms with Crippen LogP contribution in [0.15, 0.2) is 53.4 Å². The number of benzene rings is 2. The van der Waals surface area contributed by atoms with Crippen LogP contribution in [-0.2, 0) is 10.0 Å². The summed E-state index contributed by atoms with van der Waals surface area (Å²) in [5.41, 5.74) is 0.597. The van der Waals surface area contributed by atoms with E-state index in [1.54, 1.807) is 41.3 Å². The molecule has 4 rings (SSSR count). The number of halogens is 1. The summed E-state index contributed by atoms with van der Waals surface area (Å²) in [6.07, 6.45) is 9.73. The number of sulfonamides is 1. The summed E-state index contributed by atoms with van der Waals surface area (Å²) in [5.74, 6) is -0.244. The van der Waals surface area contributed by atoms with Gasteiger partial charge in [0.15, 0.2) is 0 Å². The quantitative estimate of drug-likeness (QED) is 0.610. The number of hydrogen-bond acceptors (Lipinski definition) is 3. The van der Waals surface area contributed by atoms with Crippen molar-refractivity contribution >= 4 is 33.2 Å². The van der Waals surface area contributed by atoms with Gasteiger partial charge in [0, 0.05) is 23.4 Å². The normalized spacial score (nSPS) is 19.1. The van der Waals surface area contributed by atoms with E-state index in [2.05, 4.69) is 10.0 Å². The van der Waals surface area contributed by atoms with E-state index < -0.39 is 10.0 Å². The van der Waals surface area contributed by atoms with Gasteiger partial charge >= 0.3 is 0 Å². The minimum Gasteiger partial charge on any atom is -0.572 e. The third kappa shape index (κ3) is 5.70. The summed E-state index contributed by atoms with van der Waals surface area (Å²) in [6, 6.07) is 12.6. The van der Waals surface area contributed by atoms with Crippen molar-refractivity contribution in [1.82, 2.24) is 5.32 Å². The van der Waals surface area contributed by atoms with Crippen molar-refractivity contribution < 1.29 is 18.1 Å². The molecular weight excluding hydrogens is 458 g/mol. The van der Waals surface area contributed by atoms with Gasteiger partial charge < -0.3 is 14.9 Å². The SMILES string of the molecule is O=C(NCC1([NH+]2CCCCC2)CCCCC1)c1cccc(S(=O)(=O)[N-]c2ccccc2Cl)c1. The number of carbonyl (C=O) groups excluding carboxylic acids is 1. The maximum absolute atomic E-state index is 13.0. The number of quaternary nitrogens is 1. The average Bonchev–Trinajstić information content (AvgIpc) is 2.85. The van der Waals surface area contributed by atoms with Gasteiger partial charge in [-0.15, -0.1) is 5.69 Å². The van der Waals surface area contributed by atoms with Crippen LogP contribution in [0.25, 0.3) is 4.72 Å². The maximum atomic E-state index is 13.0. The number of carbonyl (C=O) groups is 1. The van der Waals surface area contributed by atoms with Gasteiger partial charge in [0.2, 0.25) is 0 Å². The fourth-order valence-electron chi connectivity index (χ4n) is 5.25. The molecule has 1 saturated carbocycles. The zero-order valence-electron chi connectivity index (χ0n) is 18.9. The van der Waals surface area contributed by atoms with Crippen LogP contribution >= 0.6 is 11.6 Å². The van der Waals surface area contributed by atoms with Crippen molar-refractivity contribution in [3.63, 3.8) is 0 Å². The van der Waals surface area contributed by atoms with Crippen LogP contribution in [0.1, 0.15) is 61.7 Å². The lowest BCUT2D eigenvalue weighted by molar-refractivity contribution is -0.957. The molecule has 1 amide bonds. The summed E-state index contributed by atoms with van der Waals surface area (Å²) < 4.78 is 29.5. The number of nitrogens with one attached hydrogen (secondary N) is 2. The molecule has 0 bridgehead atoms. The second kappa shape index (κ2) is 10.5. The molecule has 33 heavy (non-hydrogen) atoms. The van der Waals surface area contributed by atoms with E-state index in [0.717, 1.165) is 12.8 Å².